The average Bonchev–Trinajstić information content (AvgIpc) is 2.68. The number of piperazine rings is 1. The molecule has 1 fully saturated rings. The third-order valence-corrected chi connectivity index (χ3v) is 5.48. The Balaban J connectivity index is 1.53. The molecule has 0 unspecified atom stereocenters. The highest BCUT2D eigenvalue weighted by Crippen LogP contribution is 2.25. The van der Waals surface area contributed by atoms with Gasteiger partial charge >= 0.3 is 5.63 Å². The van der Waals surface area contributed by atoms with E-state index < -0.39 is 0 Å². The van der Waals surface area contributed by atoms with E-state index in [-0.39, 0.29) is 11.4 Å². The van der Waals surface area contributed by atoms with Crippen molar-refractivity contribution in [3.05, 3.63) is 75.9 Å². The van der Waals surface area contributed by atoms with Crippen molar-refractivity contribution in [1.82, 2.24) is 4.90 Å². The number of benzene rings is 2. The number of hydrogen-bond acceptors (Lipinski definition) is 4. The fourth-order valence-electron chi connectivity index (χ4n) is 3.83. The van der Waals surface area contributed by atoms with Crippen molar-refractivity contribution >= 4 is 16.7 Å². The zero-order valence-corrected chi connectivity index (χ0v) is 16.3. The van der Waals surface area contributed by atoms with Gasteiger partial charge in [-0.3, -0.25) is 4.90 Å². The van der Waals surface area contributed by atoms with E-state index in [0.29, 0.717) is 23.7 Å². The Morgan fingerprint density at radius 1 is 1.04 bits per heavy atom. The molecular weight excluding hydrogens is 355 g/mol. The molecule has 146 valence electrons. The summed E-state index contributed by atoms with van der Waals surface area (Å²) >= 11 is 0. The molecule has 1 aliphatic heterocycles. The highest BCUT2D eigenvalue weighted by Gasteiger charge is 2.20. The van der Waals surface area contributed by atoms with Crippen molar-refractivity contribution in [3.63, 3.8) is 0 Å². The first kappa shape index (κ1) is 18.7. The second kappa shape index (κ2) is 7.76. The second-order valence-corrected chi connectivity index (χ2v) is 7.72. The standard InChI is InChI=1S/C23H25FN2O2/c1-16(2)17-7-8-22-19(13-17)18(14-23(27)28-22)15-25-9-11-26(12-10-25)21-6-4-3-5-20(21)24/h3-8,13-14,16H,9-12,15H2,1-2H3. The molecule has 5 heteroatoms. The smallest absolute Gasteiger partial charge is 0.336 e. The lowest BCUT2D eigenvalue weighted by Crippen LogP contribution is -2.46. The Morgan fingerprint density at radius 3 is 2.50 bits per heavy atom. The predicted octanol–water partition coefficient (Wildman–Crippen LogP) is 4.38. The highest BCUT2D eigenvalue weighted by atomic mass is 19.1. The van der Waals surface area contributed by atoms with Gasteiger partial charge in [0.2, 0.25) is 0 Å². The van der Waals surface area contributed by atoms with E-state index in [4.69, 9.17) is 4.42 Å². The fourth-order valence-corrected chi connectivity index (χ4v) is 3.83. The van der Waals surface area contributed by atoms with Gasteiger partial charge in [0.05, 0.1) is 5.69 Å². The monoisotopic (exact) mass is 380 g/mol. The van der Waals surface area contributed by atoms with Crippen LogP contribution < -0.4 is 10.5 Å². The van der Waals surface area contributed by atoms with Crippen molar-refractivity contribution in [2.24, 2.45) is 0 Å². The predicted molar refractivity (Wildman–Crippen MR) is 110 cm³/mol. The Labute approximate surface area is 164 Å². The Hall–Kier alpha value is -2.66. The number of fused-ring (bicyclic) bond motifs is 1. The quantitative estimate of drug-likeness (QED) is 0.630. The first-order chi connectivity index (χ1) is 13.5. The van der Waals surface area contributed by atoms with Crippen LogP contribution in [0.5, 0.6) is 0 Å². The lowest BCUT2D eigenvalue weighted by molar-refractivity contribution is 0.249. The fraction of sp³-hybridized carbons (Fsp3) is 0.348. The minimum absolute atomic E-state index is 0.177. The van der Waals surface area contributed by atoms with Gasteiger partial charge < -0.3 is 9.32 Å². The van der Waals surface area contributed by atoms with Crippen LogP contribution in [0.25, 0.3) is 11.0 Å². The van der Waals surface area contributed by atoms with Gasteiger partial charge in [-0.05, 0) is 41.3 Å². The summed E-state index contributed by atoms with van der Waals surface area (Å²) in [6.45, 7) is 8.16. The molecule has 0 aliphatic carbocycles. The zero-order chi connectivity index (χ0) is 19.7. The van der Waals surface area contributed by atoms with Crippen molar-refractivity contribution in [3.8, 4) is 0 Å². The van der Waals surface area contributed by atoms with Gasteiger partial charge in [-0.1, -0.05) is 32.0 Å². The third kappa shape index (κ3) is 3.80. The molecule has 1 aliphatic rings. The molecule has 1 saturated heterocycles. The molecule has 0 atom stereocenters. The topological polar surface area (TPSA) is 36.7 Å². The summed E-state index contributed by atoms with van der Waals surface area (Å²) < 4.78 is 19.4. The van der Waals surface area contributed by atoms with Gasteiger partial charge in [-0.25, -0.2) is 9.18 Å². The summed E-state index contributed by atoms with van der Waals surface area (Å²) in [5.74, 6) is 0.234. The van der Waals surface area contributed by atoms with Crippen LogP contribution in [-0.4, -0.2) is 31.1 Å². The molecule has 0 radical (unpaired) electrons. The SMILES string of the molecule is CC(C)c1ccc2oc(=O)cc(CN3CCN(c4ccccc4F)CC3)c2c1. The third-order valence-electron chi connectivity index (χ3n) is 5.48. The van der Waals surface area contributed by atoms with Crippen LogP contribution in [0.1, 0.15) is 30.9 Å². The molecule has 0 spiro atoms. The summed E-state index contributed by atoms with van der Waals surface area (Å²) in [6, 6.07) is 14.6. The molecule has 2 heterocycles. The first-order valence-electron chi connectivity index (χ1n) is 9.80. The summed E-state index contributed by atoms with van der Waals surface area (Å²) in [4.78, 5) is 16.4. The molecule has 0 N–H and O–H groups in total. The van der Waals surface area contributed by atoms with Crippen LogP contribution in [0.4, 0.5) is 10.1 Å². The number of halogens is 1. The second-order valence-electron chi connectivity index (χ2n) is 7.72. The zero-order valence-electron chi connectivity index (χ0n) is 16.3. The summed E-state index contributed by atoms with van der Waals surface area (Å²) in [5.41, 5.74) is 3.20. The molecule has 3 aromatic rings. The minimum atomic E-state index is -0.315. The maximum atomic E-state index is 14.0. The van der Waals surface area contributed by atoms with Crippen molar-refractivity contribution in [2.75, 3.05) is 31.1 Å². The van der Waals surface area contributed by atoms with E-state index in [0.717, 1.165) is 37.1 Å². The number of rotatable bonds is 4. The van der Waals surface area contributed by atoms with Crippen LogP contribution in [0, 0.1) is 5.82 Å². The van der Waals surface area contributed by atoms with Gasteiger partial charge in [0.1, 0.15) is 11.4 Å². The van der Waals surface area contributed by atoms with Gasteiger partial charge in [-0.2, -0.15) is 0 Å². The average molecular weight is 380 g/mol. The Bertz CT molecular complexity index is 1040. The largest absolute Gasteiger partial charge is 0.423 e. The van der Waals surface area contributed by atoms with E-state index in [1.165, 1.54) is 11.6 Å². The molecule has 4 rings (SSSR count). The molecule has 4 nitrogen and oxygen atoms in total. The molecule has 1 aromatic heterocycles. The van der Waals surface area contributed by atoms with Gasteiger partial charge in [0.15, 0.2) is 0 Å². The van der Waals surface area contributed by atoms with Crippen molar-refractivity contribution < 1.29 is 8.81 Å². The highest BCUT2D eigenvalue weighted by molar-refractivity contribution is 5.81. The van der Waals surface area contributed by atoms with E-state index in [2.05, 4.69) is 29.7 Å². The Kier molecular flexibility index (Phi) is 5.18. The molecule has 0 saturated carbocycles. The maximum absolute atomic E-state index is 14.0. The van der Waals surface area contributed by atoms with Gasteiger partial charge in [0.25, 0.3) is 0 Å². The normalized spacial score (nSPS) is 15.5. The van der Waals surface area contributed by atoms with Crippen molar-refractivity contribution in [1.29, 1.82) is 0 Å². The summed E-state index contributed by atoms with van der Waals surface area (Å²) in [5, 5.41) is 1.00. The van der Waals surface area contributed by atoms with Crippen LogP contribution in [0.3, 0.4) is 0 Å². The molecule has 0 bridgehead atoms. The van der Waals surface area contributed by atoms with E-state index in [9.17, 15) is 9.18 Å². The van der Waals surface area contributed by atoms with Crippen molar-refractivity contribution in [2.45, 2.75) is 26.3 Å². The van der Waals surface area contributed by atoms with Crippen LogP contribution >= 0.6 is 0 Å². The maximum Gasteiger partial charge on any atom is 0.336 e. The van der Waals surface area contributed by atoms with E-state index in [1.54, 1.807) is 12.1 Å². The van der Waals surface area contributed by atoms with Crippen LogP contribution in [-0.2, 0) is 6.54 Å². The lowest BCUT2D eigenvalue weighted by atomic mass is 9.99. The van der Waals surface area contributed by atoms with Crippen LogP contribution in [0.15, 0.2) is 57.7 Å². The number of nitrogens with zero attached hydrogens (tertiary/aromatic N) is 2. The molecule has 0 amide bonds. The Morgan fingerprint density at radius 2 is 1.79 bits per heavy atom. The number of hydrogen-bond donors (Lipinski definition) is 0. The van der Waals surface area contributed by atoms with E-state index in [1.807, 2.05) is 24.3 Å². The summed E-state index contributed by atoms with van der Waals surface area (Å²) in [6.07, 6.45) is 0. The van der Waals surface area contributed by atoms with Crippen LogP contribution in [0.2, 0.25) is 0 Å². The first-order valence-corrected chi connectivity index (χ1v) is 9.80. The molecular formula is C23H25FN2O2. The number of anilines is 1. The lowest BCUT2D eigenvalue weighted by Gasteiger charge is -2.36. The van der Waals surface area contributed by atoms with E-state index >= 15 is 0 Å². The van der Waals surface area contributed by atoms with Gasteiger partial charge in [-0.15, -0.1) is 0 Å². The summed E-state index contributed by atoms with van der Waals surface area (Å²) in [7, 11) is 0. The molecule has 28 heavy (non-hydrogen) atoms. The number of para-hydroxylation sites is 1. The minimum Gasteiger partial charge on any atom is -0.423 e. The van der Waals surface area contributed by atoms with Gasteiger partial charge in [0, 0.05) is 44.2 Å². The molecule has 2 aromatic carbocycles.